The third-order valence-corrected chi connectivity index (χ3v) is 3.81. The van der Waals surface area contributed by atoms with E-state index < -0.39 is 0 Å². The second kappa shape index (κ2) is 7.73. The third kappa shape index (κ3) is 4.95. The van der Waals surface area contributed by atoms with Crippen LogP contribution in [0, 0.1) is 5.41 Å². The van der Waals surface area contributed by atoms with Gasteiger partial charge < -0.3 is 0 Å². The van der Waals surface area contributed by atoms with E-state index in [9.17, 15) is 0 Å². The Balaban J connectivity index is 0.000000310. The van der Waals surface area contributed by atoms with Gasteiger partial charge in [-0.25, -0.2) is 0 Å². The lowest BCUT2D eigenvalue weighted by atomic mass is 9.65. The van der Waals surface area contributed by atoms with Crippen molar-refractivity contribution < 1.29 is 0 Å². The maximum Gasteiger partial charge on any atom is -0.00988 e. The van der Waals surface area contributed by atoms with Gasteiger partial charge in [0.25, 0.3) is 0 Å². The summed E-state index contributed by atoms with van der Waals surface area (Å²) in [7, 11) is 0. The molecular formula is C12H26S. The standard InChI is InChI=1S/C9H18.C3H8S/c1-3-6-9(4-2)7-5-8-9;1-3-4-2/h3-8H2,1-2H3;3H2,1-2H3. The van der Waals surface area contributed by atoms with E-state index in [4.69, 9.17) is 0 Å². The summed E-state index contributed by atoms with van der Waals surface area (Å²) in [5.74, 6) is 1.24. The van der Waals surface area contributed by atoms with Crippen LogP contribution in [0.2, 0.25) is 0 Å². The Morgan fingerprint density at radius 3 is 1.77 bits per heavy atom. The van der Waals surface area contributed by atoms with Crippen LogP contribution >= 0.6 is 11.8 Å². The van der Waals surface area contributed by atoms with E-state index in [-0.39, 0.29) is 0 Å². The average Bonchev–Trinajstić information content (AvgIpc) is 2.12. The predicted octanol–water partition coefficient (Wildman–Crippen LogP) is 4.74. The number of thioether (sulfide) groups is 1. The van der Waals surface area contributed by atoms with Crippen molar-refractivity contribution in [1.29, 1.82) is 0 Å². The van der Waals surface area contributed by atoms with Crippen LogP contribution in [-0.2, 0) is 0 Å². The molecule has 13 heavy (non-hydrogen) atoms. The van der Waals surface area contributed by atoms with E-state index in [0.717, 1.165) is 5.41 Å². The van der Waals surface area contributed by atoms with E-state index >= 15 is 0 Å². The normalized spacial score (nSPS) is 18.5. The molecule has 1 heteroatoms. The summed E-state index contributed by atoms with van der Waals surface area (Å²) < 4.78 is 0. The summed E-state index contributed by atoms with van der Waals surface area (Å²) in [6.07, 6.45) is 10.9. The summed E-state index contributed by atoms with van der Waals surface area (Å²) in [6, 6.07) is 0. The highest BCUT2D eigenvalue weighted by Crippen LogP contribution is 2.47. The second-order valence-corrected chi connectivity index (χ2v) is 5.19. The monoisotopic (exact) mass is 202 g/mol. The van der Waals surface area contributed by atoms with Crippen LogP contribution < -0.4 is 0 Å². The molecule has 0 unspecified atom stereocenters. The fraction of sp³-hybridized carbons (Fsp3) is 1.00. The number of hydrogen-bond donors (Lipinski definition) is 0. The lowest BCUT2D eigenvalue weighted by Gasteiger charge is -2.41. The maximum atomic E-state index is 2.34. The third-order valence-electron chi connectivity index (χ3n) is 3.23. The zero-order valence-electron chi connectivity index (χ0n) is 9.86. The Hall–Kier alpha value is 0.350. The van der Waals surface area contributed by atoms with E-state index in [1.165, 1.54) is 44.3 Å². The molecule has 0 bridgehead atoms. The predicted molar refractivity (Wildman–Crippen MR) is 65.5 cm³/mol. The minimum Gasteiger partial charge on any atom is -0.166 e. The second-order valence-electron chi connectivity index (χ2n) is 4.03. The van der Waals surface area contributed by atoms with Crippen LogP contribution in [0.25, 0.3) is 0 Å². The molecule has 0 N–H and O–H groups in total. The summed E-state index contributed by atoms with van der Waals surface area (Å²) >= 11 is 1.86. The quantitative estimate of drug-likeness (QED) is 0.635. The Labute approximate surface area is 88.9 Å². The van der Waals surface area contributed by atoms with Crippen molar-refractivity contribution in [2.24, 2.45) is 5.41 Å². The molecule has 0 aromatic rings. The van der Waals surface area contributed by atoms with Gasteiger partial charge in [0, 0.05) is 0 Å². The first-order chi connectivity index (χ1) is 6.24. The largest absolute Gasteiger partial charge is 0.166 e. The average molecular weight is 202 g/mol. The molecule has 0 aromatic carbocycles. The van der Waals surface area contributed by atoms with Gasteiger partial charge in [0.1, 0.15) is 0 Å². The topological polar surface area (TPSA) is 0 Å². The van der Waals surface area contributed by atoms with Gasteiger partial charge >= 0.3 is 0 Å². The Bertz CT molecular complexity index is 98.2. The summed E-state index contributed by atoms with van der Waals surface area (Å²) in [6.45, 7) is 6.79. The van der Waals surface area contributed by atoms with Gasteiger partial charge in [0.15, 0.2) is 0 Å². The van der Waals surface area contributed by atoms with Crippen molar-refractivity contribution in [3.8, 4) is 0 Å². The number of rotatable bonds is 4. The lowest BCUT2D eigenvalue weighted by Crippen LogP contribution is -2.27. The zero-order chi connectivity index (χ0) is 10.2. The molecule has 0 saturated heterocycles. The molecule has 1 aliphatic carbocycles. The van der Waals surface area contributed by atoms with Crippen LogP contribution in [0.3, 0.4) is 0 Å². The minimum atomic E-state index is 0.814. The molecular weight excluding hydrogens is 176 g/mol. The molecule has 0 heterocycles. The van der Waals surface area contributed by atoms with Gasteiger partial charge in [0.05, 0.1) is 0 Å². The number of hydrogen-bond acceptors (Lipinski definition) is 1. The fourth-order valence-corrected chi connectivity index (χ4v) is 1.99. The van der Waals surface area contributed by atoms with Gasteiger partial charge in [-0.3, -0.25) is 0 Å². The van der Waals surface area contributed by atoms with E-state index in [1.54, 1.807) is 0 Å². The first-order valence-electron chi connectivity index (χ1n) is 5.73. The van der Waals surface area contributed by atoms with E-state index in [0.29, 0.717) is 0 Å². The zero-order valence-corrected chi connectivity index (χ0v) is 10.7. The highest BCUT2D eigenvalue weighted by atomic mass is 32.2. The highest BCUT2D eigenvalue weighted by Gasteiger charge is 2.33. The smallest absolute Gasteiger partial charge is 0.00988 e. The van der Waals surface area contributed by atoms with Gasteiger partial charge in [-0.1, -0.05) is 40.0 Å². The van der Waals surface area contributed by atoms with Crippen LogP contribution in [-0.4, -0.2) is 12.0 Å². The van der Waals surface area contributed by atoms with Gasteiger partial charge in [-0.15, -0.1) is 0 Å². The van der Waals surface area contributed by atoms with E-state index in [2.05, 4.69) is 27.0 Å². The molecule has 0 aromatic heterocycles. The van der Waals surface area contributed by atoms with Crippen molar-refractivity contribution in [3.05, 3.63) is 0 Å². The first kappa shape index (κ1) is 13.4. The molecule has 0 aliphatic heterocycles. The maximum absolute atomic E-state index is 2.34. The van der Waals surface area contributed by atoms with Crippen molar-refractivity contribution in [1.82, 2.24) is 0 Å². The molecule has 0 radical (unpaired) electrons. The van der Waals surface area contributed by atoms with Crippen molar-refractivity contribution in [2.75, 3.05) is 12.0 Å². The van der Waals surface area contributed by atoms with Crippen LogP contribution in [0.15, 0.2) is 0 Å². The first-order valence-corrected chi connectivity index (χ1v) is 7.13. The molecule has 0 nitrogen and oxygen atoms in total. The van der Waals surface area contributed by atoms with Crippen LogP contribution in [0.4, 0.5) is 0 Å². The molecule has 0 spiro atoms. The van der Waals surface area contributed by atoms with Crippen molar-refractivity contribution in [3.63, 3.8) is 0 Å². The fourth-order valence-electron chi connectivity index (χ4n) is 1.99. The van der Waals surface area contributed by atoms with Gasteiger partial charge in [0.2, 0.25) is 0 Å². The Kier molecular flexibility index (Phi) is 7.93. The molecule has 0 amide bonds. The van der Waals surface area contributed by atoms with E-state index in [1.807, 2.05) is 11.8 Å². The highest BCUT2D eigenvalue weighted by molar-refractivity contribution is 7.98. The molecule has 1 fully saturated rings. The Morgan fingerprint density at radius 1 is 1.15 bits per heavy atom. The lowest BCUT2D eigenvalue weighted by molar-refractivity contribution is 0.112. The van der Waals surface area contributed by atoms with Crippen molar-refractivity contribution >= 4 is 11.8 Å². The van der Waals surface area contributed by atoms with Crippen molar-refractivity contribution in [2.45, 2.75) is 59.3 Å². The molecule has 1 aliphatic rings. The van der Waals surface area contributed by atoms with Gasteiger partial charge in [-0.05, 0) is 36.7 Å². The Morgan fingerprint density at radius 2 is 1.69 bits per heavy atom. The SMILES string of the molecule is CCCC1(CC)CCC1.CCSC. The molecule has 80 valence electrons. The summed E-state index contributed by atoms with van der Waals surface area (Å²) in [5, 5.41) is 0. The van der Waals surface area contributed by atoms with Gasteiger partial charge in [-0.2, -0.15) is 11.8 Å². The molecule has 1 saturated carbocycles. The summed E-state index contributed by atoms with van der Waals surface area (Å²) in [4.78, 5) is 0. The molecule has 1 rings (SSSR count). The van der Waals surface area contributed by atoms with Crippen LogP contribution in [0.1, 0.15) is 59.3 Å². The minimum absolute atomic E-state index is 0.814. The van der Waals surface area contributed by atoms with Crippen LogP contribution in [0.5, 0.6) is 0 Å². The molecule has 0 atom stereocenters. The summed E-state index contributed by atoms with van der Waals surface area (Å²) in [5.41, 5.74) is 0.814.